The van der Waals surface area contributed by atoms with Crippen molar-refractivity contribution < 1.29 is 13.6 Å². The highest BCUT2D eigenvalue weighted by Crippen LogP contribution is 2.21. The molecule has 1 amide bonds. The molecule has 1 heterocycles. The number of halogens is 2. The van der Waals surface area contributed by atoms with Gasteiger partial charge in [-0.25, -0.2) is 13.8 Å². The molecular formula is C23H17F2N3O2S. The van der Waals surface area contributed by atoms with Gasteiger partial charge in [-0.15, -0.1) is 0 Å². The summed E-state index contributed by atoms with van der Waals surface area (Å²) in [5.41, 5.74) is 0.694. The molecule has 156 valence electrons. The van der Waals surface area contributed by atoms with Crippen LogP contribution in [0.1, 0.15) is 5.56 Å². The fraction of sp³-hybridized carbons (Fsp3) is 0.0870. The summed E-state index contributed by atoms with van der Waals surface area (Å²) in [6.45, 7) is 0.281. The lowest BCUT2D eigenvalue weighted by Crippen LogP contribution is -2.25. The number of fused-ring (bicyclic) bond motifs is 1. The van der Waals surface area contributed by atoms with Gasteiger partial charge in [-0.05, 0) is 29.8 Å². The molecule has 0 aliphatic rings. The third-order valence-electron chi connectivity index (χ3n) is 4.57. The van der Waals surface area contributed by atoms with Gasteiger partial charge in [0.15, 0.2) is 5.16 Å². The van der Waals surface area contributed by atoms with Gasteiger partial charge < -0.3 is 5.32 Å². The van der Waals surface area contributed by atoms with Crippen molar-refractivity contribution in [2.75, 3.05) is 11.1 Å². The number of aromatic nitrogens is 2. The molecular weight excluding hydrogens is 420 g/mol. The highest BCUT2D eigenvalue weighted by Gasteiger charge is 2.16. The Labute approximate surface area is 180 Å². The van der Waals surface area contributed by atoms with Crippen molar-refractivity contribution in [1.82, 2.24) is 9.55 Å². The summed E-state index contributed by atoms with van der Waals surface area (Å²) in [6.07, 6.45) is 0. The largest absolute Gasteiger partial charge is 0.320 e. The summed E-state index contributed by atoms with van der Waals surface area (Å²) in [6, 6.07) is 19.7. The maximum Gasteiger partial charge on any atom is 0.262 e. The van der Waals surface area contributed by atoms with Gasteiger partial charge in [-0.2, -0.15) is 0 Å². The molecule has 4 aromatic rings. The quantitative estimate of drug-likeness (QED) is 0.358. The van der Waals surface area contributed by atoms with E-state index in [0.29, 0.717) is 16.1 Å². The molecule has 1 N–H and O–H groups in total. The Morgan fingerprint density at radius 2 is 1.61 bits per heavy atom. The normalized spacial score (nSPS) is 10.9. The van der Waals surface area contributed by atoms with Gasteiger partial charge in [0.1, 0.15) is 17.3 Å². The number of para-hydroxylation sites is 2. The van der Waals surface area contributed by atoms with E-state index in [2.05, 4.69) is 10.3 Å². The molecule has 0 saturated carbocycles. The van der Waals surface area contributed by atoms with Crippen LogP contribution in [-0.2, 0) is 11.3 Å². The summed E-state index contributed by atoms with van der Waals surface area (Å²) in [5, 5.41) is 3.06. The number of nitrogens with zero attached hydrogens (tertiary/aromatic N) is 2. The number of carbonyl (C=O) groups is 1. The molecule has 0 aliphatic heterocycles. The summed E-state index contributed by atoms with van der Waals surface area (Å²) in [4.78, 5) is 30.0. The second-order valence-electron chi connectivity index (χ2n) is 6.72. The maximum absolute atomic E-state index is 13.8. The number of benzene rings is 3. The van der Waals surface area contributed by atoms with Gasteiger partial charge in [-0.3, -0.25) is 14.2 Å². The zero-order valence-corrected chi connectivity index (χ0v) is 17.0. The minimum absolute atomic E-state index is 0.173. The standard InChI is InChI=1S/C23H17F2N3O2S/c24-17-10-6-11-18(25)21(17)27-20(29)14-31-23-26-19-12-5-4-9-16(19)22(30)28(23)13-15-7-2-1-3-8-15/h1-12H,13-14H2,(H,27,29). The van der Waals surface area contributed by atoms with Crippen molar-refractivity contribution in [2.24, 2.45) is 0 Å². The first-order chi connectivity index (χ1) is 15.0. The van der Waals surface area contributed by atoms with E-state index < -0.39 is 23.2 Å². The zero-order valence-electron chi connectivity index (χ0n) is 16.2. The number of carbonyl (C=O) groups excluding carboxylic acids is 1. The van der Waals surface area contributed by atoms with Crippen molar-refractivity contribution in [2.45, 2.75) is 11.7 Å². The van der Waals surface area contributed by atoms with E-state index in [4.69, 9.17) is 0 Å². The second kappa shape index (κ2) is 9.09. The van der Waals surface area contributed by atoms with Crippen molar-refractivity contribution in [3.63, 3.8) is 0 Å². The summed E-state index contributed by atoms with van der Waals surface area (Å²) in [5.74, 6) is -2.50. The Morgan fingerprint density at radius 1 is 0.935 bits per heavy atom. The van der Waals surface area contributed by atoms with E-state index >= 15 is 0 Å². The predicted molar refractivity (Wildman–Crippen MR) is 117 cm³/mol. The number of anilines is 1. The van der Waals surface area contributed by atoms with Gasteiger partial charge >= 0.3 is 0 Å². The van der Waals surface area contributed by atoms with E-state index in [0.717, 1.165) is 29.5 Å². The minimum Gasteiger partial charge on any atom is -0.320 e. The third-order valence-corrected chi connectivity index (χ3v) is 5.55. The molecule has 5 nitrogen and oxygen atoms in total. The molecule has 0 aliphatic carbocycles. The molecule has 0 fully saturated rings. The number of rotatable bonds is 6. The SMILES string of the molecule is O=C(CSc1nc2ccccc2c(=O)n1Cc1ccccc1)Nc1c(F)cccc1F. The number of nitrogens with one attached hydrogen (secondary N) is 1. The fourth-order valence-electron chi connectivity index (χ4n) is 3.09. The molecule has 4 rings (SSSR count). The Balaban J connectivity index is 1.62. The van der Waals surface area contributed by atoms with Gasteiger partial charge in [0.25, 0.3) is 5.56 Å². The van der Waals surface area contributed by atoms with E-state index in [-0.39, 0.29) is 17.9 Å². The molecule has 1 aromatic heterocycles. The zero-order chi connectivity index (χ0) is 21.8. The molecule has 3 aromatic carbocycles. The summed E-state index contributed by atoms with van der Waals surface area (Å²) < 4.78 is 29.1. The number of thioether (sulfide) groups is 1. The monoisotopic (exact) mass is 437 g/mol. The van der Waals surface area contributed by atoms with Gasteiger partial charge in [0, 0.05) is 0 Å². The lowest BCUT2D eigenvalue weighted by atomic mass is 10.2. The average Bonchev–Trinajstić information content (AvgIpc) is 2.78. The Hall–Kier alpha value is -3.52. The first-order valence-corrected chi connectivity index (χ1v) is 10.4. The molecule has 0 radical (unpaired) electrons. The van der Waals surface area contributed by atoms with E-state index in [1.54, 1.807) is 24.3 Å². The van der Waals surface area contributed by atoms with Gasteiger partial charge in [0.2, 0.25) is 5.91 Å². The first-order valence-electron chi connectivity index (χ1n) is 9.43. The summed E-state index contributed by atoms with van der Waals surface area (Å²) >= 11 is 1.03. The second-order valence-corrected chi connectivity index (χ2v) is 7.66. The molecule has 0 spiro atoms. The van der Waals surface area contributed by atoms with Crippen LogP contribution in [0.5, 0.6) is 0 Å². The molecule has 8 heteroatoms. The van der Waals surface area contributed by atoms with Crippen LogP contribution in [0.3, 0.4) is 0 Å². The van der Waals surface area contributed by atoms with Crippen LogP contribution in [0.15, 0.2) is 82.7 Å². The lowest BCUT2D eigenvalue weighted by molar-refractivity contribution is -0.113. The summed E-state index contributed by atoms with van der Waals surface area (Å²) in [7, 11) is 0. The minimum atomic E-state index is -0.858. The topological polar surface area (TPSA) is 64.0 Å². The highest BCUT2D eigenvalue weighted by molar-refractivity contribution is 7.99. The molecule has 0 unspecified atom stereocenters. The van der Waals surface area contributed by atoms with Crippen molar-refractivity contribution in [1.29, 1.82) is 0 Å². The van der Waals surface area contributed by atoms with Crippen LogP contribution < -0.4 is 10.9 Å². The van der Waals surface area contributed by atoms with Gasteiger partial charge in [0.05, 0.1) is 23.2 Å². The lowest BCUT2D eigenvalue weighted by Gasteiger charge is -2.13. The molecule has 0 atom stereocenters. The third kappa shape index (κ3) is 4.64. The van der Waals surface area contributed by atoms with E-state index in [9.17, 15) is 18.4 Å². The van der Waals surface area contributed by atoms with Crippen LogP contribution in [0.25, 0.3) is 10.9 Å². The Morgan fingerprint density at radius 3 is 2.35 bits per heavy atom. The van der Waals surface area contributed by atoms with Crippen LogP contribution in [0.2, 0.25) is 0 Å². The van der Waals surface area contributed by atoms with Crippen LogP contribution in [0, 0.1) is 11.6 Å². The Kier molecular flexibility index (Phi) is 6.08. The van der Waals surface area contributed by atoms with Crippen molar-refractivity contribution in [3.8, 4) is 0 Å². The number of hydrogen-bond donors (Lipinski definition) is 1. The van der Waals surface area contributed by atoms with Crippen molar-refractivity contribution >= 4 is 34.3 Å². The maximum atomic E-state index is 13.8. The van der Waals surface area contributed by atoms with Gasteiger partial charge in [-0.1, -0.05) is 60.3 Å². The van der Waals surface area contributed by atoms with Crippen molar-refractivity contribution in [3.05, 3.63) is 100 Å². The molecule has 31 heavy (non-hydrogen) atoms. The van der Waals surface area contributed by atoms with E-state index in [1.807, 2.05) is 30.3 Å². The average molecular weight is 437 g/mol. The fourth-order valence-corrected chi connectivity index (χ4v) is 3.88. The van der Waals surface area contributed by atoms with Crippen LogP contribution >= 0.6 is 11.8 Å². The Bertz CT molecular complexity index is 1290. The first kappa shape index (κ1) is 20.7. The van der Waals surface area contributed by atoms with Crippen LogP contribution in [0.4, 0.5) is 14.5 Å². The van der Waals surface area contributed by atoms with Crippen LogP contribution in [-0.4, -0.2) is 21.2 Å². The number of amides is 1. The smallest absolute Gasteiger partial charge is 0.262 e. The molecule has 0 bridgehead atoms. The van der Waals surface area contributed by atoms with E-state index in [1.165, 1.54) is 10.6 Å². The molecule has 0 saturated heterocycles. The predicted octanol–water partition coefficient (Wildman–Crippen LogP) is 4.45. The number of hydrogen-bond acceptors (Lipinski definition) is 4. The highest BCUT2D eigenvalue weighted by atomic mass is 32.2.